The van der Waals surface area contributed by atoms with Gasteiger partial charge in [0, 0.05) is 32.0 Å². The third-order valence-corrected chi connectivity index (χ3v) is 7.43. The molecule has 2 aromatic rings. The predicted molar refractivity (Wildman–Crippen MR) is 141 cm³/mol. The molecule has 1 aliphatic rings. The van der Waals surface area contributed by atoms with E-state index in [0.29, 0.717) is 31.1 Å². The van der Waals surface area contributed by atoms with Gasteiger partial charge in [0.2, 0.25) is 10.0 Å². The van der Waals surface area contributed by atoms with Gasteiger partial charge in [0.1, 0.15) is 11.7 Å². The van der Waals surface area contributed by atoms with Gasteiger partial charge in [0.15, 0.2) is 0 Å². The lowest BCUT2D eigenvalue weighted by Crippen LogP contribution is -2.34. The first kappa shape index (κ1) is 27.3. The fourth-order valence-electron chi connectivity index (χ4n) is 4.28. The Morgan fingerprint density at radius 1 is 0.971 bits per heavy atom. The molecule has 10 heteroatoms. The van der Waals surface area contributed by atoms with Crippen molar-refractivity contribution in [2.45, 2.75) is 57.5 Å². The molecule has 0 fully saturated rings. The molecule has 0 bridgehead atoms. The number of rotatable bonds is 17. The van der Waals surface area contributed by atoms with E-state index in [-0.39, 0.29) is 0 Å². The minimum Gasteiger partial charge on any atom is -0.371 e. The van der Waals surface area contributed by atoms with Crippen molar-refractivity contribution in [1.29, 1.82) is 0 Å². The van der Waals surface area contributed by atoms with Gasteiger partial charge in [-0.25, -0.2) is 18.1 Å². The SMILES string of the molecule is CCCN(CCC)CCCCNS(=O)(=O)c1ccc(CN(CC2=NCCN2)Cc2ncc[nH]2)cc1. The third kappa shape index (κ3) is 9.36. The number of aliphatic imine (C=N–C) groups is 1. The molecular formula is C25H41N7O2S. The average Bonchev–Trinajstić information content (AvgIpc) is 3.54. The molecule has 1 aromatic carbocycles. The Balaban J connectivity index is 1.50. The highest BCUT2D eigenvalue weighted by Gasteiger charge is 2.16. The monoisotopic (exact) mass is 503 g/mol. The van der Waals surface area contributed by atoms with E-state index < -0.39 is 10.0 Å². The summed E-state index contributed by atoms with van der Waals surface area (Å²) in [6.07, 6.45) is 7.69. The number of H-pyrrole nitrogens is 1. The second-order valence-electron chi connectivity index (χ2n) is 9.03. The van der Waals surface area contributed by atoms with Gasteiger partial charge in [-0.3, -0.25) is 9.89 Å². The summed E-state index contributed by atoms with van der Waals surface area (Å²) in [7, 11) is -3.51. The van der Waals surface area contributed by atoms with Gasteiger partial charge in [0.25, 0.3) is 0 Å². The van der Waals surface area contributed by atoms with Crippen molar-refractivity contribution in [3.05, 3.63) is 48.0 Å². The predicted octanol–water partition coefficient (Wildman–Crippen LogP) is 2.59. The van der Waals surface area contributed by atoms with Crippen LogP contribution in [-0.2, 0) is 23.1 Å². The van der Waals surface area contributed by atoms with Crippen LogP contribution in [0.1, 0.15) is 50.9 Å². The molecule has 0 spiro atoms. The molecule has 0 amide bonds. The third-order valence-electron chi connectivity index (χ3n) is 5.96. The van der Waals surface area contributed by atoms with Crippen molar-refractivity contribution in [3.63, 3.8) is 0 Å². The first-order valence-corrected chi connectivity index (χ1v) is 14.3. The standard InChI is InChI=1S/C25H41N7O2S/c1-3-16-31(17-4-2)18-6-5-11-30-35(33,34)23-9-7-22(8-10-23)19-32(20-24-26-12-13-27-24)21-25-28-14-15-29-25/h7-10,12-13,30H,3-6,11,14-21H2,1-2H3,(H,26,27)(H,28,29). The van der Waals surface area contributed by atoms with Gasteiger partial charge in [-0.05, 0) is 63.0 Å². The minimum atomic E-state index is -3.51. The van der Waals surface area contributed by atoms with E-state index in [4.69, 9.17) is 0 Å². The average molecular weight is 504 g/mol. The maximum Gasteiger partial charge on any atom is 0.240 e. The Hall–Kier alpha value is -2.27. The van der Waals surface area contributed by atoms with Crippen LogP contribution in [0.5, 0.6) is 0 Å². The molecule has 1 aliphatic heterocycles. The van der Waals surface area contributed by atoms with E-state index in [1.54, 1.807) is 18.3 Å². The molecule has 3 N–H and O–H groups in total. The highest BCUT2D eigenvalue weighted by atomic mass is 32.2. The molecule has 194 valence electrons. The number of hydrogen-bond donors (Lipinski definition) is 3. The number of nitrogens with zero attached hydrogens (tertiary/aromatic N) is 4. The molecule has 0 saturated heterocycles. The zero-order chi connectivity index (χ0) is 24.9. The highest BCUT2D eigenvalue weighted by molar-refractivity contribution is 7.89. The Morgan fingerprint density at radius 3 is 2.37 bits per heavy atom. The van der Waals surface area contributed by atoms with Gasteiger partial charge in [-0.1, -0.05) is 26.0 Å². The van der Waals surface area contributed by atoms with Gasteiger partial charge < -0.3 is 15.2 Å². The molecule has 9 nitrogen and oxygen atoms in total. The zero-order valence-electron chi connectivity index (χ0n) is 21.2. The normalized spacial score (nSPS) is 14.0. The van der Waals surface area contributed by atoms with Crippen molar-refractivity contribution < 1.29 is 8.42 Å². The smallest absolute Gasteiger partial charge is 0.240 e. The fraction of sp³-hybridized carbons (Fsp3) is 0.600. The molecule has 0 unspecified atom stereocenters. The molecular weight excluding hydrogens is 462 g/mol. The molecule has 0 radical (unpaired) electrons. The van der Waals surface area contributed by atoms with E-state index in [1.165, 1.54) is 0 Å². The van der Waals surface area contributed by atoms with E-state index in [0.717, 1.165) is 75.6 Å². The number of hydrogen-bond acceptors (Lipinski definition) is 7. The van der Waals surface area contributed by atoms with Crippen molar-refractivity contribution in [2.75, 3.05) is 45.8 Å². The molecule has 0 saturated carbocycles. The second-order valence-corrected chi connectivity index (χ2v) is 10.8. The van der Waals surface area contributed by atoms with E-state index in [2.05, 4.69) is 48.6 Å². The van der Waals surface area contributed by atoms with Crippen LogP contribution in [0.4, 0.5) is 0 Å². The second kappa shape index (κ2) is 14.3. The van der Waals surface area contributed by atoms with Crippen molar-refractivity contribution in [1.82, 2.24) is 29.8 Å². The number of aromatic amines is 1. The van der Waals surface area contributed by atoms with Crippen LogP contribution in [0.3, 0.4) is 0 Å². The molecule has 2 heterocycles. The maximum absolute atomic E-state index is 12.7. The van der Waals surface area contributed by atoms with Crippen LogP contribution >= 0.6 is 0 Å². The number of imidazole rings is 1. The fourth-order valence-corrected chi connectivity index (χ4v) is 5.35. The molecule has 35 heavy (non-hydrogen) atoms. The quantitative estimate of drug-likeness (QED) is 0.287. The van der Waals surface area contributed by atoms with Crippen LogP contribution < -0.4 is 10.0 Å². The van der Waals surface area contributed by atoms with Crippen LogP contribution in [0, 0.1) is 0 Å². The summed E-state index contributed by atoms with van der Waals surface area (Å²) in [6.45, 7) is 11.8. The van der Waals surface area contributed by atoms with Crippen LogP contribution in [0.15, 0.2) is 46.5 Å². The number of nitrogens with one attached hydrogen (secondary N) is 3. The molecule has 0 atom stereocenters. The molecule has 3 rings (SSSR count). The number of unbranched alkanes of at least 4 members (excludes halogenated alkanes) is 1. The molecule has 0 aliphatic carbocycles. The van der Waals surface area contributed by atoms with Crippen LogP contribution in [0.25, 0.3) is 0 Å². The zero-order valence-corrected chi connectivity index (χ0v) is 22.0. The van der Waals surface area contributed by atoms with E-state index in [9.17, 15) is 8.42 Å². The lowest BCUT2D eigenvalue weighted by atomic mass is 10.2. The first-order chi connectivity index (χ1) is 17.0. The van der Waals surface area contributed by atoms with Gasteiger partial charge in [0.05, 0.1) is 24.5 Å². The summed E-state index contributed by atoms with van der Waals surface area (Å²) in [5.41, 5.74) is 1.04. The number of amidine groups is 1. The Labute approximate surface area is 210 Å². The van der Waals surface area contributed by atoms with Gasteiger partial charge >= 0.3 is 0 Å². The maximum atomic E-state index is 12.7. The molecule has 1 aromatic heterocycles. The van der Waals surface area contributed by atoms with Gasteiger partial charge in [-0.15, -0.1) is 0 Å². The first-order valence-electron chi connectivity index (χ1n) is 12.8. The Bertz CT molecular complexity index is 985. The lowest BCUT2D eigenvalue weighted by Gasteiger charge is -2.21. The highest BCUT2D eigenvalue weighted by Crippen LogP contribution is 2.14. The summed E-state index contributed by atoms with van der Waals surface area (Å²) in [6, 6.07) is 7.17. The van der Waals surface area contributed by atoms with Crippen molar-refractivity contribution >= 4 is 15.9 Å². The minimum absolute atomic E-state index is 0.305. The summed E-state index contributed by atoms with van der Waals surface area (Å²) >= 11 is 0. The number of aromatic nitrogens is 2. The van der Waals surface area contributed by atoms with E-state index in [1.807, 2.05) is 18.3 Å². The van der Waals surface area contributed by atoms with E-state index >= 15 is 0 Å². The number of sulfonamides is 1. The van der Waals surface area contributed by atoms with Crippen LogP contribution in [0.2, 0.25) is 0 Å². The van der Waals surface area contributed by atoms with Crippen LogP contribution in [-0.4, -0.2) is 79.8 Å². The van der Waals surface area contributed by atoms with Crippen molar-refractivity contribution in [2.24, 2.45) is 4.99 Å². The summed E-state index contributed by atoms with van der Waals surface area (Å²) in [5, 5.41) is 3.32. The summed E-state index contributed by atoms with van der Waals surface area (Å²) < 4.78 is 28.2. The summed E-state index contributed by atoms with van der Waals surface area (Å²) in [5.74, 6) is 1.87. The van der Waals surface area contributed by atoms with Gasteiger partial charge in [-0.2, -0.15) is 0 Å². The lowest BCUT2D eigenvalue weighted by molar-refractivity contribution is 0.269. The Morgan fingerprint density at radius 2 is 1.74 bits per heavy atom. The van der Waals surface area contributed by atoms with Crippen molar-refractivity contribution in [3.8, 4) is 0 Å². The number of benzene rings is 1. The topological polar surface area (TPSA) is 106 Å². The Kier molecular flexibility index (Phi) is 11.2. The summed E-state index contributed by atoms with van der Waals surface area (Å²) in [4.78, 5) is 17.0. The largest absolute Gasteiger partial charge is 0.371 e.